The van der Waals surface area contributed by atoms with Crippen LogP contribution < -0.4 is 26.2 Å². The highest BCUT2D eigenvalue weighted by Crippen LogP contribution is 2.38. The summed E-state index contributed by atoms with van der Waals surface area (Å²) in [4.78, 5) is 4.75. The van der Waals surface area contributed by atoms with Crippen molar-refractivity contribution in [2.24, 2.45) is 0 Å². The highest BCUT2D eigenvalue weighted by atomic mass is 15.1. The Morgan fingerprint density at radius 2 is 0.903 bits per heavy atom. The second-order valence-corrected chi connectivity index (χ2v) is 8.70. The van der Waals surface area contributed by atoms with Crippen LogP contribution in [0.5, 0.6) is 0 Å². The van der Waals surface area contributed by atoms with Gasteiger partial charge in [0.15, 0.2) is 0 Å². The zero-order valence-electron chi connectivity index (χ0n) is 17.6. The zero-order chi connectivity index (χ0) is 20.7. The van der Waals surface area contributed by atoms with Gasteiger partial charge in [-0.2, -0.15) is 0 Å². The number of anilines is 4. The van der Waals surface area contributed by atoms with Crippen molar-refractivity contribution in [2.75, 3.05) is 23.9 Å². The smallest absolute Gasteiger partial charge is 0.253 e. The molecule has 0 bridgehead atoms. The molecule has 2 heterocycles. The molecule has 0 unspecified atom stereocenters. The van der Waals surface area contributed by atoms with Gasteiger partial charge in [-0.05, 0) is 62.2 Å². The molecule has 31 heavy (non-hydrogen) atoms. The average molecular weight is 396 g/mol. The third-order valence-electron chi connectivity index (χ3n) is 7.27. The quantitative estimate of drug-likeness (QED) is 0.351. The van der Waals surface area contributed by atoms with Crippen molar-refractivity contribution in [1.82, 2.24) is 0 Å². The van der Waals surface area contributed by atoms with Gasteiger partial charge in [0.2, 0.25) is 0 Å². The van der Waals surface area contributed by atoms with Gasteiger partial charge in [-0.1, -0.05) is 66.7 Å². The van der Waals surface area contributed by atoms with Crippen LogP contribution in [0.2, 0.25) is 0 Å². The van der Waals surface area contributed by atoms with Crippen molar-refractivity contribution in [3.05, 3.63) is 91.0 Å². The van der Waals surface area contributed by atoms with E-state index in [1.54, 1.807) is 0 Å². The molecular weight excluding hydrogens is 375 g/mol. The fourth-order valence-corrected chi connectivity index (χ4v) is 5.87. The fraction of sp³-hybridized carbons (Fsp3) is 0.0714. The topological polar surface area (TPSA) is 6.48 Å². The SMILES string of the molecule is CN1c2cccc3c2B(c2c1ccc1ccccc21)c1c(ccc2ccccc12)N3C. The highest BCUT2D eigenvalue weighted by molar-refractivity contribution is 7.02. The second-order valence-electron chi connectivity index (χ2n) is 8.70. The molecule has 0 saturated heterocycles. The molecule has 0 saturated carbocycles. The Hall–Kier alpha value is -3.72. The lowest BCUT2D eigenvalue weighted by Gasteiger charge is -2.42. The minimum atomic E-state index is 0.209. The maximum atomic E-state index is 2.38. The fourth-order valence-electron chi connectivity index (χ4n) is 5.87. The van der Waals surface area contributed by atoms with E-state index < -0.39 is 0 Å². The van der Waals surface area contributed by atoms with Crippen molar-refractivity contribution in [3.63, 3.8) is 0 Å². The molecule has 2 aliphatic rings. The van der Waals surface area contributed by atoms with E-state index in [0.717, 1.165) is 0 Å². The van der Waals surface area contributed by atoms with Crippen LogP contribution >= 0.6 is 0 Å². The minimum Gasteiger partial charge on any atom is -0.345 e. The Labute approximate surface area is 182 Å². The number of rotatable bonds is 0. The summed E-state index contributed by atoms with van der Waals surface area (Å²) < 4.78 is 0. The van der Waals surface area contributed by atoms with Gasteiger partial charge in [0.25, 0.3) is 6.71 Å². The highest BCUT2D eigenvalue weighted by Gasteiger charge is 2.42. The first-order valence-corrected chi connectivity index (χ1v) is 10.9. The number of nitrogens with zero attached hydrogens (tertiary/aromatic N) is 2. The van der Waals surface area contributed by atoms with Crippen molar-refractivity contribution < 1.29 is 0 Å². The van der Waals surface area contributed by atoms with E-state index in [1.165, 1.54) is 60.7 Å². The summed E-state index contributed by atoms with van der Waals surface area (Å²) in [7, 11) is 4.41. The van der Waals surface area contributed by atoms with Gasteiger partial charge in [-0.3, -0.25) is 0 Å². The van der Waals surface area contributed by atoms with Crippen molar-refractivity contribution in [1.29, 1.82) is 0 Å². The van der Waals surface area contributed by atoms with Crippen LogP contribution in [0.25, 0.3) is 21.5 Å². The zero-order valence-corrected chi connectivity index (χ0v) is 17.6. The van der Waals surface area contributed by atoms with Gasteiger partial charge in [-0.15, -0.1) is 0 Å². The summed E-state index contributed by atoms with van der Waals surface area (Å²) in [5.74, 6) is 0. The third kappa shape index (κ3) is 2.08. The van der Waals surface area contributed by atoms with Crippen LogP contribution in [0.3, 0.4) is 0 Å². The van der Waals surface area contributed by atoms with Crippen LogP contribution in [0.15, 0.2) is 91.0 Å². The van der Waals surface area contributed by atoms with Crippen LogP contribution in [0.1, 0.15) is 0 Å². The van der Waals surface area contributed by atoms with E-state index in [2.05, 4.69) is 115 Å². The van der Waals surface area contributed by atoms with Gasteiger partial charge in [0.05, 0.1) is 0 Å². The Balaban J connectivity index is 1.70. The van der Waals surface area contributed by atoms with Gasteiger partial charge in [0.1, 0.15) is 0 Å². The van der Waals surface area contributed by atoms with Crippen molar-refractivity contribution >= 4 is 67.4 Å². The van der Waals surface area contributed by atoms with E-state index in [0.29, 0.717) is 0 Å². The molecule has 0 aromatic heterocycles. The standard InChI is InChI=1S/C28H21BN2/c1-30-22-12-7-13-23-28(22)29(26-20-10-5-3-8-18(20)14-16-24(26)30)27-21-11-6-4-9-19(21)15-17-25(27)31(23)2/h3-17H,1-2H3. The number of hydrogen-bond donors (Lipinski definition) is 0. The number of hydrogen-bond acceptors (Lipinski definition) is 2. The number of fused-ring (bicyclic) bond motifs is 8. The molecule has 0 spiro atoms. The van der Waals surface area contributed by atoms with Crippen LogP contribution in [-0.4, -0.2) is 20.8 Å². The van der Waals surface area contributed by atoms with E-state index >= 15 is 0 Å². The molecule has 5 aromatic carbocycles. The first kappa shape index (κ1) is 17.0. The molecule has 5 aromatic rings. The van der Waals surface area contributed by atoms with Crippen molar-refractivity contribution in [3.8, 4) is 0 Å². The molecule has 7 rings (SSSR count). The molecule has 0 amide bonds. The molecule has 0 radical (unpaired) electrons. The lowest BCUT2D eigenvalue weighted by atomic mass is 9.32. The Bertz CT molecular complexity index is 1430. The Kier molecular flexibility index (Phi) is 3.25. The Morgan fingerprint density at radius 1 is 0.452 bits per heavy atom. The molecule has 0 fully saturated rings. The third-order valence-corrected chi connectivity index (χ3v) is 7.27. The lowest BCUT2D eigenvalue weighted by Crippen LogP contribution is -2.62. The van der Waals surface area contributed by atoms with Crippen LogP contribution in [0, 0.1) is 0 Å². The summed E-state index contributed by atoms with van der Waals surface area (Å²) in [6, 6.07) is 33.5. The molecule has 146 valence electrons. The van der Waals surface area contributed by atoms with Gasteiger partial charge in [-0.25, -0.2) is 0 Å². The predicted octanol–water partition coefficient (Wildman–Crippen LogP) is 4.67. The largest absolute Gasteiger partial charge is 0.345 e. The molecule has 0 atom stereocenters. The summed E-state index contributed by atoms with van der Waals surface area (Å²) in [5.41, 5.74) is 9.47. The van der Waals surface area contributed by atoms with Gasteiger partial charge >= 0.3 is 0 Å². The van der Waals surface area contributed by atoms with E-state index in [4.69, 9.17) is 0 Å². The van der Waals surface area contributed by atoms with Crippen molar-refractivity contribution in [2.45, 2.75) is 0 Å². The summed E-state index contributed by atoms with van der Waals surface area (Å²) >= 11 is 0. The normalized spacial score (nSPS) is 13.9. The van der Waals surface area contributed by atoms with E-state index in [9.17, 15) is 0 Å². The monoisotopic (exact) mass is 396 g/mol. The molecule has 3 heteroatoms. The van der Waals surface area contributed by atoms with E-state index in [1.807, 2.05) is 0 Å². The predicted molar refractivity (Wildman–Crippen MR) is 135 cm³/mol. The molecule has 2 nitrogen and oxygen atoms in total. The average Bonchev–Trinajstić information content (AvgIpc) is 2.83. The number of benzene rings is 5. The van der Waals surface area contributed by atoms with Crippen LogP contribution in [-0.2, 0) is 0 Å². The summed E-state index contributed by atoms with van der Waals surface area (Å²) in [6.45, 7) is 0.209. The first-order chi connectivity index (χ1) is 15.2. The Morgan fingerprint density at radius 3 is 1.42 bits per heavy atom. The summed E-state index contributed by atoms with van der Waals surface area (Å²) in [6.07, 6.45) is 0. The minimum absolute atomic E-state index is 0.209. The van der Waals surface area contributed by atoms with Gasteiger partial charge in [0, 0.05) is 36.8 Å². The molecule has 0 N–H and O–H groups in total. The maximum absolute atomic E-state index is 2.38. The molecule has 2 aliphatic heterocycles. The lowest BCUT2D eigenvalue weighted by molar-refractivity contribution is 1.18. The maximum Gasteiger partial charge on any atom is 0.253 e. The summed E-state index contributed by atoms with van der Waals surface area (Å²) in [5, 5.41) is 5.30. The second kappa shape index (κ2) is 5.92. The van der Waals surface area contributed by atoms with E-state index in [-0.39, 0.29) is 6.71 Å². The first-order valence-electron chi connectivity index (χ1n) is 10.9. The molecule has 0 aliphatic carbocycles. The van der Waals surface area contributed by atoms with Crippen LogP contribution in [0.4, 0.5) is 22.7 Å². The molecular formula is C28H21BN2. The van der Waals surface area contributed by atoms with Gasteiger partial charge < -0.3 is 9.80 Å².